The highest BCUT2D eigenvalue weighted by molar-refractivity contribution is 8.00. The van der Waals surface area contributed by atoms with E-state index in [1.54, 1.807) is 167 Å². The molecule has 1 aliphatic rings. The molecule has 1 saturated heterocycles. The number of phenolic OH excluding ortho intramolecular Hbond substituents is 1. The van der Waals surface area contributed by atoms with E-state index in [0.29, 0.717) is 57.1 Å². The number of H-pyrrole nitrogens is 1. The highest BCUT2D eigenvalue weighted by Gasteiger charge is 2.42. The number of fused-ring (bicyclic) bond motifs is 1. The molecule has 1 fully saturated rings. The standard InChI is InChI=1S/C94H120ClN17O18S/c1-11-12-30-75-92(128)109(7)52-80(116)101-71(47-82(118)119)88(124)107-83(56(4)5)94(130)111(9)76(44-57-22-15-13-16-23-57)89(125)105-72(42-59-31-33-61(48-96)34-32-59)90(126)108(6)51-79(115)100-70(46-63-49-98-67-29-20-19-28-66(63)67)87(123)104-69(41-60-35-37-65(113)38-36-60)86(122)103-68(39-55(2)3)85(121)106-74(84(120)99-50-78(97)114)53-131-54-81(117)102-73(43-62-26-21-27-64(95)40-62)91(127)112(10)77(93(129)110(75)8)45-58-24-17-14-18-25-58/h13-29,31-38,40,49,55-56,68-77,83,98,113H,11-12,30,39,41-48,50-54,96H2,1-10H3,(H2,97,114)(H,99,120)(H,100,115)(H,101,116)(H,102,117)(H,103,122)(H,104,123)(H,105,125)(H,106,121)(H,107,124)(H,118,119)/t68-,69-,70-,71-,72-,73-,74-,75-,76-,77-,83-/m0/s1. The maximum atomic E-state index is 15.6. The predicted molar refractivity (Wildman–Crippen MR) is 493 cm³/mol. The number of nitrogens with two attached hydrogens (primary N) is 2. The van der Waals surface area contributed by atoms with Crippen molar-refractivity contribution >= 4 is 129 Å². The van der Waals surface area contributed by atoms with Crippen LogP contribution in [0.5, 0.6) is 5.75 Å². The number of carboxylic acid groups (broad SMARTS) is 1. The minimum Gasteiger partial charge on any atom is -0.508 e. The Morgan fingerprint density at radius 1 is 0.496 bits per heavy atom. The number of hydrogen-bond donors (Lipinski definition) is 14. The van der Waals surface area contributed by atoms with Gasteiger partial charge in [-0.05, 0) is 94.0 Å². The number of unbranched alkanes of at least 4 members (excludes halogenated alkanes) is 1. The summed E-state index contributed by atoms with van der Waals surface area (Å²) in [5.41, 5.74) is 15.8. The molecule has 35 nitrogen and oxygen atoms in total. The van der Waals surface area contributed by atoms with E-state index < -0.39 is 205 Å². The molecule has 0 aliphatic carbocycles. The topological polar surface area (TPSA) is 506 Å². The van der Waals surface area contributed by atoms with Crippen LogP contribution >= 0.6 is 23.4 Å². The summed E-state index contributed by atoms with van der Waals surface area (Å²) in [5.74, 6) is -17.3. The molecule has 15 amide bonds. The highest BCUT2D eigenvalue weighted by atomic mass is 35.5. The fraction of sp³-hybridized carbons (Fsp3) is 0.426. The van der Waals surface area contributed by atoms with Gasteiger partial charge in [0.05, 0.1) is 31.8 Å². The Morgan fingerprint density at radius 3 is 1.57 bits per heavy atom. The lowest BCUT2D eigenvalue weighted by molar-refractivity contribution is -0.151. The number of nitrogens with zero attached hydrogens (tertiary/aromatic N) is 5. The van der Waals surface area contributed by atoms with Crippen LogP contribution in [0.1, 0.15) is 106 Å². The molecule has 6 aromatic carbocycles. The number of benzene rings is 6. The Hall–Kier alpha value is -13.2. The van der Waals surface area contributed by atoms with E-state index in [4.69, 9.17) is 23.1 Å². The van der Waals surface area contributed by atoms with Crippen LogP contribution in [-0.2, 0) is 122 Å². The molecule has 16 N–H and O–H groups in total. The molecule has 131 heavy (non-hydrogen) atoms. The number of carbonyl (C=O) groups excluding carboxylic acids is 15. The number of aromatic nitrogens is 1. The van der Waals surface area contributed by atoms with Gasteiger partial charge in [0.1, 0.15) is 72.2 Å². The van der Waals surface area contributed by atoms with Gasteiger partial charge in [0.15, 0.2) is 0 Å². The number of aliphatic carboxylic acids is 1. The second kappa shape index (κ2) is 50.1. The number of carbonyl (C=O) groups is 16. The number of rotatable bonds is 24. The Morgan fingerprint density at radius 2 is 0.985 bits per heavy atom. The number of para-hydroxylation sites is 1. The van der Waals surface area contributed by atoms with Gasteiger partial charge in [-0.15, -0.1) is 11.8 Å². The smallest absolute Gasteiger partial charge is 0.305 e. The summed E-state index contributed by atoms with van der Waals surface area (Å²) in [6.45, 7) is 6.36. The molecule has 37 heteroatoms. The molecule has 0 radical (unpaired) electrons. The molecule has 11 atom stereocenters. The van der Waals surface area contributed by atoms with Crippen LogP contribution in [-0.4, -0.2) is 267 Å². The normalized spacial score (nSPS) is 21.8. The van der Waals surface area contributed by atoms with E-state index in [1.807, 2.05) is 6.92 Å². The SMILES string of the molecule is CCCC[C@H]1C(=O)N(C)CC(=O)N[C@@H](CC(=O)O)C(=O)N[C@@H](C(C)C)C(=O)N(C)[C@@H](Cc2ccccc2)C(=O)N[C@@H](Cc2ccc(CN)cc2)C(=O)N(C)CC(=O)N[C@@H](Cc2c[nH]c3ccccc23)C(=O)N[C@@H](Cc2ccc(O)cc2)C(=O)N[C@@H](CC(C)C)C(=O)N[C@H](C(=O)NCC(N)=O)CSCC(=O)N[C@@H](Cc2cccc(Cl)c2)C(=O)N(C)[C@@H](Cc2ccccc2)C(=O)N1C. The van der Waals surface area contributed by atoms with Crippen LogP contribution in [0.4, 0.5) is 0 Å². The minimum atomic E-state index is -1.91. The van der Waals surface area contributed by atoms with Crippen molar-refractivity contribution in [3.05, 3.63) is 208 Å². The average molecular weight is 1840 g/mol. The Kier molecular flexibility index (Phi) is 39.4. The summed E-state index contributed by atoms with van der Waals surface area (Å²) in [6.07, 6.45) is 0.0720. The number of thioether (sulfide) groups is 1. The third-order valence-corrected chi connectivity index (χ3v) is 23.7. The van der Waals surface area contributed by atoms with Crippen LogP contribution in [0.2, 0.25) is 5.02 Å². The van der Waals surface area contributed by atoms with E-state index in [0.717, 1.165) is 41.8 Å². The first-order valence-electron chi connectivity index (χ1n) is 43.3. The van der Waals surface area contributed by atoms with E-state index in [2.05, 4.69) is 52.8 Å². The van der Waals surface area contributed by atoms with Crippen molar-refractivity contribution in [2.24, 2.45) is 23.3 Å². The number of carboxylic acids is 1. The maximum Gasteiger partial charge on any atom is 0.305 e. The van der Waals surface area contributed by atoms with E-state index in [9.17, 15) is 48.6 Å². The van der Waals surface area contributed by atoms with Crippen molar-refractivity contribution in [1.29, 1.82) is 0 Å². The molecular weight excluding hydrogens is 1720 g/mol. The van der Waals surface area contributed by atoms with E-state index in [1.165, 1.54) is 59.5 Å². The zero-order chi connectivity index (χ0) is 95.9. The quantitative estimate of drug-likeness (QED) is 0.0413. The van der Waals surface area contributed by atoms with Crippen LogP contribution < -0.4 is 59.3 Å². The predicted octanol–water partition coefficient (Wildman–Crippen LogP) is 2.73. The number of halogens is 1. The van der Waals surface area contributed by atoms with Gasteiger partial charge < -0.3 is 99.0 Å². The zero-order valence-corrected chi connectivity index (χ0v) is 76.8. The number of likely N-dealkylation sites (N-methyl/N-ethyl adjacent to an activating group) is 5. The average Bonchev–Trinajstić information content (AvgIpc) is 1.78. The summed E-state index contributed by atoms with van der Waals surface area (Å²) >= 11 is 7.31. The minimum absolute atomic E-state index is 0.0209. The fourth-order valence-electron chi connectivity index (χ4n) is 15.2. The van der Waals surface area contributed by atoms with Crippen LogP contribution in [0, 0.1) is 11.8 Å². The van der Waals surface area contributed by atoms with Crippen LogP contribution in [0.25, 0.3) is 10.9 Å². The maximum absolute atomic E-state index is 15.6. The molecule has 702 valence electrons. The van der Waals surface area contributed by atoms with Gasteiger partial charge >= 0.3 is 5.97 Å². The van der Waals surface area contributed by atoms with Gasteiger partial charge in [0, 0.05) is 108 Å². The van der Waals surface area contributed by atoms with Crippen molar-refractivity contribution < 1.29 is 86.9 Å². The first-order chi connectivity index (χ1) is 62.3. The van der Waals surface area contributed by atoms with Gasteiger partial charge in [0.2, 0.25) is 88.6 Å². The van der Waals surface area contributed by atoms with Crippen LogP contribution in [0.3, 0.4) is 0 Å². The largest absolute Gasteiger partial charge is 0.508 e. The van der Waals surface area contributed by atoms with E-state index in [-0.39, 0.29) is 74.6 Å². The number of nitrogens with one attached hydrogen (secondary N) is 10. The van der Waals surface area contributed by atoms with Crippen molar-refractivity contribution in [3.8, 4) is 5.75 Å². The van der Waals surface area contributed by atoms with Gasteiger partial charge in [-0.3, -0.25) is 76.7 Å². The second-order valence-corrected chi connectivity index (χ2v) is 35.0. The van der Waals surface area contributed by atoms with Crippen molar-refractivity contribution in [1.82, 2.24) is 77.3 Å². The van der Waals surface area contributed by atoms with Gasteiger partial charge in [-0.25, -0.2) is 0 Å². The Balaban J connectivity index is 1.22. The summed E-state index contributed by atoms with van der Waals surface area (Å²) in [5, 5.41) is 45.6. The molecule has 0 saturated carbocycles. The molecule has 0 spiro atoms. The third kappa shape index (κ3) is 31.3. The molecule has 1 aromatic heterocycles. The van der Waals surface area contributed by atoms with Crippen molar-refractivity contribution in [3.63, 3.8) is 0 Å². The Labute approximate surface area is 770 Å². The first kappa shape index (κ1) is 103. The van der Waals surface area contributed by atoms with Gasteiger partial charge in [-0.2, -0.15) is 0 Å². The third-order valence-electron chi connectivity index (χ3n) is 22.4. The molecule has 0 unspecified atom stereocenters. The molecule has 1 aliphatic heterocycles. The van der Waals surface area contributed by atoms with Crippen LogP contribution in [0.15, 0.2) is 164 Å². The number of aromatic hydroxyl groups is 1. The summed E-state index contributed by atoms with van der Waals surface area (Å²) < 4.78 is 0. The lowest BCUT2D eigenvalue weighted by Gasteiger charge is -2.37. The monoisotopic (exact) mass is 1840 g/mol. The van der Waals surface area contributed by atoms with Gasteiger partial charge in [0.25, 0.3) is 0 Å². The summed E-state index contributed by atoms with van der Waals surface area (Å²) in [4.78, 5) is 244. The number of aromatic amines is 1. The Bertz CT molecular complexity index is 5170. The molecule has 7 aromatic rings. The number of hydrogen-bond acceptors (Lipinski definition) is 19. The molecule has 8 rings (SSSR count). The fourth-order valence-corrected chi connectivity index (χ4v) is 16.2. The molecule has 2 heterocycles. The lowest BCUT2D eigenvalue weighted by atomic mass is 9.98. The summed E-state index contributed by atoms with van der Waals surface area (Å²) in [7, 11) is 6.55. The highest BCUT2D eigenvalue weighted by Crippen LogP contribution is 2.25. The van der Waals surface area contributed by atoms with Crippen molar-refractivity contribution in [2.45, 2.75) is 178 Å². The second-order valence-electron chi connectivity index (χ2n) is 33.6. The van der Waals surface area contributed by atoms with E-state index >= 15 is 38.4 Å². The molecular formula is C94H120ClN17O18S. The molecule has 0 bridgehead atoms. The number of phenols is 1. The zero-order valence-electron chi connectivity index (χ0n) is 75.2. The van der Waals surface area contributed by atoms with Crippen molar-refractivity contribution in [2.75, 3.05) is 66.4 Å². The lowest BCUT2D eigenvalue weighted by Crippen LogP contribution is -2.61. The number of primary amides is 1. The first-order valence-corrected chi connectivity index (χ1v) is 44.8. The number of amides is 15. The summed E-state index contributed by atoms with van der Waals surface area (Å²) in [6, 6.07) is 26.3. The van der Waals surface area contributed by atoms with Gasteiger partial charge in [-0.1, -0.05) is 186 Å².